The molecule has 0 radical (unpaired) electrons. The van der Waals surface area contributed by atoms with Crippen LogP contribution >= 0.6 is 11.6 Å². The Morgan fingerprint density at radius 2 is 2.15 bits per heavy atom. The van der Waals surface area contributed by atoms with Crippen LogP contribution in [-0.4, -0.2) is 17.4 Å². The van der Waals surface area contributed by atoms with Crippen LogP contribution in [0.25, 0.3) is 0 Å². The van der Waals surface area contributed by atoms with E-state index in [1.165, 1.54) is 6.07 Å². The van der Waals surface area contributed by atoms with Gasteiger partial charge in [0.1, 0.15) is 5.75 Å². The molecular formula is C7H9BClNO3. The molecule has 13 heavy (non-hydrogen) atoms. The molecule has 0 saturated carbocycles. The number of halogens is 1. The Bertz CT molecular complexity index is 295. The molecule has 1 aromatic rings. The van der Waals surface area contributed by atoms with Crippen LogP contribution in [0.2, 0.25) is 5.02 Å². The van der Waals surface area contributed by atoms with Gasteiger partial charge in [0, 0.05) is 17.1 Å². The molecule has 0 aliphatic rings. The SMILES string of the molecule is NCc1cc(Cl)ccc1OB(O)O. The lowest BCUT2D eigenvalue weighted by molar-refractivity contribution is 0.287. The van der Waals surface area contributed by atoms with Gasteiger partial charge < -0.3 is 20.4 Å². The van der Waals surface area contributed by atoms with Crippen LogP contribution in [0, 0.1) is 0 Å². The molecule has 0 bridgehead atoms. The summed E-state index contributed by atoms with van der Waals surface area (Å²) in [4.78, 5) is 0. The lowest BCUT2D eigenvalue weighted by atomic mass is 10.1. The molecule has 0 aromatic heterocycles. The highest BCUT2D eigenvalue weighted by atomic mass is 35.5. The summed E-state index contributed by atoms with van der Waals surface area (Å²) in [5, 5.41) is 17.6. The van der Waals surface area contributed by atoms with Gasteiger partial charge in [-0.1, -0.05) is 11.6 Å². The predicted molar refractivity (Wildman–Crippen MR) is 50.2 cm³/mol. The Hall–Kier alpha value is -0.745. The summed E-state index contributed by atoms with van der Waals surface area (Å²) in [5.74, 6) is 0.321. The van der Waals surface area contributed by atoms with Crippen molar-refractivity contribution < 1.29 is 14.7 Å². The van der Waals surface area contributed by atoms with Crippen molar-refractivity contribution in [3.05, 3.63) is 28.8 Å². The first kappa shape index (κ1) is 10.3. The molecule has 70 valence electrons. The third-order valence-corrected chi connectivity index (χ3v) is 1.71. The number of rotatable bonds is 3. The maximum atomic E-state index is 8.55. The summed E-state index contributed by atoms with van der Waals surface area (Å²) in [6.45, 7) is 0.225. The molecule has 0 unspecified atom stereocenters. The summed E-state index contributed by atoms with van der Waals surface area (Å²) in [6.07, 6.45) is 0. The molecule has 1 aromatic carbocycles. The fourth-order valence-corrected chi connectivity index (χ4v) is 1.13. The van der Waals surface area contributed by atoms with Crippen molar-refractivity contribution >= 4 is 18.9 Å². The maximum absolute atomic E-state index is 8.55. The van der Waals surface area contributed by atoms with Gasteiger partial charge in [-0.2, -0.15) is 0 Å². The second kappa shape index (κ2) is 4.48. The van der Waals surface area contributed by atoms with Gasteiger partial charge in [-0.3, -0.25) is 0 Å². The monoisotopic (exact) mass is 201 g/mol. The zero-order valence-electron chi connectivity index (χ0n) is 6.77. The smallest absolute Gasteiger partial charge is 0.512 e. The Morgan fingerprint density at radius 3 is 2.69 bits per heavy atom. The van der Waals surface area contributed by atoms with Gasteiger partial charge in [-0.05, 0) is 18.2 Å². The summed E-state index contributed by atoms with van der Waals surface area (Å²) in [7, 11) is -1.84. The fourth-order valence-electron chi connectivity index (χ4n) is 0.936. The van der Waals surface area contributed by atoms with E-state index in [0.29, 0.717) is 16.3 Å². The molecule has 0 heterocycles. The van der Waals surface area contributed by atoms with E-state index in [0.717, 1.165) is 0 Å². The molecule has 1 rings (SSSR count). The summed E-state index contributed by atoms with van der Waals surface area (Å²) in [6, 6.07) is 4.72. The number of hydrogen-bond donors (Lipinski definition) is 3. The molecule has 0 fully saturated rings. The van der Waals surface area contributed by atoms with Crippen molar-refractivity contribution in [2.75, 3.05) is 0 Å². The minimum atomic E-state index is -1.84. The quantitative estimate of drug-likeness (QED) is 0.609. The van der Waals surface area contributed by atoms with Crippen molar-refractivity contribution in [2.24, 2.45) is 5.73 Å². The fraction of sp³-hybridized carbons (Fsp3) is 0.143. The van der Waals surface area contributed by atoms with E-state index in [9.17, 15) is 0 Å². The van der Waals surface area contributed by atoms with Gasteiger partial charge in [-0.15, -0.1) is 0 Å². The van der Waals surface area contributed by atoms with Crippen LogP contribution in [0.1, 0.15) is 5.56 Å². The van der Waals surface area contributed by atoms with Crippen LogP contribution in [0.3, 0.4) is 0 Å². The van der Waals surface area contributed by atoms with E-state index in [-0.39, 0.29) is 6.54 Å². The molecule has 0 saturated heterocycles. The molecule has 0 atom stereocenters. The molecule has 0 aliphatic heterocycles. The Kier molecular flexibility index (Phi) is 3.56. The average molecular weight is 201 g/mol. The minimum Gasteiger partial charge on any atom is -0.512 e. The van der Waals surface area contributed by atoms with E-state index in [2.05, 4.69) is 4.65 Å². The maximum Gasteiger partial charge on any atom is 0.707 e. The van der Waals surface area contributed by atoms with E-state index in [1.54, 1.807) is 12.1 Å². The van der Waals surface area contributed by atoms with E-state index >= 15 is 0 Å². The average Bonchev–Trinajstić information content (AvgIpc) is 2.07. The highest BCUT2D eigenvalue weighted by Gasteiger charge is 2.13. The minimum absolute atomic E-state index is 0.225. The Morgan fingerprint density at radius 1 is 1.46 bits per heavy atom. The highest BCUT2D eigenvalue weighted by Crippen LogP contribution is 2.22. The Balaban J connectivity index is 2.92. The van der Waals surface area contributed by atoms with Gasteiger partial charge in [-0.25, -0.2) is 0 Å². The first-order valence-corrected chi connectivity index (χ1v) is 4.02. The first-order valence-electron chi connectivity index (χ1n) is 3.65. The van der Waals surface area contributed by atoms with E-state index in [4.69, 9.17) is 27.4 Å². The standard InChI is InChI=1S/C7H9BClNO3/c9-6-1-2-7(13-8(11)12)5(3-6)4-10/h1-3,11-12H,4,10H2. The number of nitrogens with two attached hydrogens (primary N) is 1. The number of hydrogen-bond acceptors (Lipinski definition) is 4. The van der Waals surface area contributed by atoms with Crippen LogP contribution in [0.5, 0.6) is 5.75 Å². The molecule has 4 N–H and O–H groups in total. The highest BCUT2D eigenvalue weighted by molar-refractivity contribution is 6.34. The molecule has 0 aliphatic carbocycles. The normalized spacial score (nSPS) is 9.85. The van der Waals surface area contributed by atoms with Gasteiger partial charge in [0.25, 0.3) is 0 Å². The first-order chi connectivity index (χ1) is 6.13. The van der Waals surface area contributed by atoms with Crippen molar-refractivity contribution in [3.8, 4) is 5.75 Å². The predicted octanol–water partition coefficient (Wildman–Crippen LogP) is 0.147. The summed E-state index contributed by atoms with van der Waals surface area (Å²) in [5.41, 5.74) is 6.02. The number of benzene rings is 1. The second-order valence-corrected chi connectivity index (χ2v) is 2.84. The van der Waals surface area contributed by atoms with Crippen molar-refractivity contribution in [3.63, 3.8) is 0 Å². The lowest BCUT2D eigenvalue weighted by Crippen LogP contribution is -2.21. The summed E-state index contributed by atoms with van der Waals surface area (Å²) < 4.78 is 4.66. The largest absolute Gasteiger partial charge is 0.707 e. The van der Waals surface area contributed by atoms with Gasteiger partial charge >= 0.3 is 7.32 Å². The molecule has 0 spiro atoms. The molecular weight excluding hydrogens is 192 g/mol. The van der Waals surface area contributed by atoms with E-state index in [1.807, 2.05) is 0 Å². The third-order valence-electron chi connectivity index (χ3n) is 1.47. The van der Waals surface area contributed by atoms with Crippen LogP contribution in [0.15, 0.2) is 18.2 Å². The molecule has 4 nitrogen and oxygen atoms in total. The zero-order chi connectivity index (χ0) is 9.84. The van der Waals surface area contributed by atoms with Crippen LogP contribution in [0.4, 0.5) is 0 Å². The van der Waals surface area contributed by atoms with Crippen molar-refractivity contribution in [1.82, 2.24) is 0 Å². The third kappa shape index (κ3) is 2.89. The molecule has 0 amide bonds. The van der Waals surface area contributed by atoms with Gasteiger partial charge in [0.15, 0.2) is 0 Å². The van der Waals surface area contributed by atoms with E-state index < -0.39 is 7.32 Å². The summed E-state index contributed by atoms with van der Waals surface area (Å²) >= 11 is 5.70. The van der Waals surface area contributed by atoms with Crippen LogP contribution < -0.4 is 10.4 Å². The Labute approximate surface area is 81.1 Å². The topological polar surface area (TPSA) is 75.7 Å². The molecule has 6 heteroatoms. The second-order valence-electron chi connectivity index (χ2n) is 2.40. The lowest BCUT2D eigenvalue weighted by Gasteiger charge is -2.09. The van der Waals surface area contributed by atoms with Crippen molar-refractivity contribution in [2.45, 2.75) is 6.54 Å². The van der Waals surface area contributed by atoms with Gasteiger partial charge in [0.05, 0.1) is 0 Å². The van der Waals surface area contributed by atoms with Gasteiger partial charge in [0.2, 0.25) is 0 Å². The van der Waals surface area contributed by atoms with Crippen molar-refractivity contribution in [1.29, 1.82) is 0 Å². The van der Waals surface area contributed by atoms with Crippen LogP contribution in [-0.2, 0) is 6.54 Å². The zero-order valence-corrected chi connectivity index (χ0v) is 7.53.